The molecule has 0 spiro atoms. The molecular weight excluding hydrogens is 400 g/mol. The van der Waals surface area contributed by atoms with Crippen molar-refractivity contribution in [2.75, 3.05) is 5.75 Å². The van der Waals surface area contributed by atoms with Gasteiger partial charge in [-0.1, -0.05) is 41.6 Å². The highest BCUT2D eigenvalue weighted by atomic mass is 32.2. The number of fused-ring (bicyclic) bond motifs is 1. The number of aromatic hydroxyl groups is 2. The van der Waals surface area contributed by atoms with Crippen LogP contribution in [0.3, 0.4) is 0 Å². The first-order chi connectivity index (χ1) is 14.4. The summed E-state index contributed by atoms with van der Waals surface area (Å²) in [5, 5.41) is 20.2. The second-order valence-corrected chi connectivity index (χ2v) is 7.74. The quantitative estimate of drug-likeness (QED) is 0.288. The lowest BCUT2D eigenvalue weighted by Gasteiger charge is -2.13. The number of ketones is 1. The summed E-state index contributed by atoms with van der Waals surface area (Å²) in [7, 11) is 0. The zero-order valence-electron chi connectivity index (χ0n) is 16.1. The van der Waals surface area contributed by atoms with Gasteiger partial charge in [-0.15, -0.1) is 0 Å². The molecule has 0 amide bonds. The average molecular weight is 418 g/mol. The zero-order chi connectivity index (χ0) is 21.3. The van der Waals surface area contributed by atoms with Crippen LogP contribution in [-0.4, -0.2) is 31.3 Å². The molecule has 0 unspecified atom stereocenters. The van der Waals surface area contributed by atoms with Crippen molar-refractivity contribution in [3.63, 3.8) is 0 Å². The van der Waals surface area contributed by atoms with Gasteiger partial charge in [0.2, 0.25) is 0 Å². The van der Waals surface area contributed by atoms with E-state index >= 15 is 0 Å². The molecule has 6 nitrogen and oxygen atoms in total. The number of aromatic nitrogens is 2. The molecule has 0 saturated carbocycles. The van der Waals surface area contributed by atoms with E-state index in [-0.39, 0.29) is 34.2 Å². The van der Waals surface area contributed by atoms with Crippen LogP contribution in [0.2, 0.25) is 0 Å². The van der Waals surface area contributed by atoms with Crippen LogP contribution < -0.4 is 5.56 Å². The van der Waals surface area contributed by atoms with Crippen LogP contribution in [0.5, 0.6) is 11.5 Å². The van der Waals surface area contributed by atoms with Crippen molar-refractivity contribution in [2.24, 2.45) is 0 Å². The number of para-hydroxylation sites is 1. The summed E-state index contributed by atoms with van der Waals surface area (Å²) in [5.74, 6) is -0.783. The van der Waals surface area contributed by atoms with Crippen LogP contribution in [0.15, 0.2) is 76.7 Å². The highest BCUT2D eigenvalue weighted by molar-refractivity contribution is 7.99. The van der Waals surface area contributed by atoms with E-state index < -0.39 is 0 Å². The van der Waals surface area contributed by atoms with Crippen LogP contribution in [0, 0.1) is 6.92 Å². The van der Waals surface area contributed by atoms with Crippen LogP contribution in [0.25, 0.3) is 16.6 Å². The van der Waals surface area contributed by atoms with Gasteiger partial charge >= 0.3 is 0 Å². The van der Waals surface area contributed by atoms with Crippen LogP contribution in [-0.2, 0) is 0 Å². The van der Waals surface area contributed by atoms with Gasteiger partial charge in [-0.2, -0.15) is 0 Å². The summed E-state index contributed by atoms with van der Waals surface area (Å²) in [4.78, 5) is 30.4. The Morgan fingerprint density at radius 1 is 1.03 bits per heavy atom. The molecule has 0 aliphatic heterocycles. The third-order valence-electron chi connectivity index (χ3n) is 4.65. The van der Waals surface area contributed by atoms with Crippen LogP contribution in [0.4, 0.5) is 0 Å². The lowest BCUT2D eigenvalue weighted by Crippen LogP contribution is -2.22. The molecule has 30 heavy (non-hydrogen) atoms. The molecule has 7 heteroatoms. The Balaban J connectivity index is 1.75. The Morgan fingerprint density at radius 3 is 2.50 bits per heavy atom. The number of rotatable bonds is 5. The fourth-order valence-corrected chi connectivity index (χ4v) is 3.99. The van der Waals surface area contributed by atoms with E-state index in [2.05, 4.69) is 4.98 Å². The van der Waals surface area contributed by atoms with E-state index in [0.29, 0.717) is 21.7 Å². The van der Waals surface area contributed by atoms with Crippen LogP contribution in [0.1, 0.15) is 15.9 Å². The van der Waals surface area contributed by atoms with Crippen molar-refractivity contribution in [2.45, 2.75) is 12.1 Å². The standard InChI is InChI=1S/C23H18N2O4S/c1-14-6-8-15(9-7-14)25-22(29)17-4-2-3-5-19(17)24-23(25)30-13-21(28)18-11-10-16(26)12-20(18)27/h2-12,26-27H,13H2,1H3. The van der Waals surface area contributed by atoms with E-state index in [0.717, 1.165) is 23.4 Å². The van der Waals surface area contributed by atoms with Gasteiger partial charge in [-0.25, -0.2) is 4.98 Å². The molecule has 0 bridgehead atoms. The lowest BCUT2D eigenvalue weighted by molar-refractivity contribution is 0.102. The SMILES string of the molecule is Cc1ccc(-n2c(SCC(=O)c3ccc(O)cc3O)nc3ccccc3c2=O)cc1. The molecule has 1 heterocycles. The monoisotopic (exact) mass is 418 g/mol. The Kier molecular flexibility index (Phi) is 5.29. The number of hydrogen-bond acceptors (Lipinski definition) is 6. The largest absolute Gasteiger partial charge is 0.508 e. The fraction of sp³-hybridized carbons (Fsp3) is 0.0870. The van der Waals surface area contributed by atoms with E-state index in [9.17, 15) is 19.8 Å². The van der Waals surface area contributed by atoms with Crippen molar-refractivity contribution in [1.29, 1.82) is 0 Å². The lowest BCUT2D eigenvalue weighted by atomic mass is 10.1. The number of phenolic OH excluding ortho intramolecular Hbond substituents is 2. The predicted molar refractivity (Wildman–Crippen MR) is 117 cm³/mol. The van der Waals surface area contributed by atoms with Crippen molar-refractivity contribution >= 4 is 28.4 Å². The predicted octanol–water partition coefficient (Wildman–Crippen LogP) is 4.08. The van der Waals surface area contributed by atoms with E-state index in [4.69, 9.17) is 0 Å². The fourth-order valence-electron chi connectivity index (χ4n) is 3.09. The molecule has 0 aliphatic rings. The van der Waals surface area contributed by atoms with Gasteiger partial charge in [0, 0.05) is 6.07 Å². The number of hydrogen-bond donors (Lipinski definition) is 2. The molecule has 0 radical (unpaired) electrons. The second kappa shape index (κ2) is 8.04. The van der Waals surface area contributed by atoms with Gasteiger partial charge in [-0.3, -0.25) is 14.2 Å². The first-order valence-corrected chi connectivity index (χ1v) is 10.2. The minimum Gasteiger partial charge on any atom is -0.508 e. The van der Waals surface area contributed by atoms with Gasteiger partial charge in [0.1, 0.15) is 11.5 Å². The van der Waals surface area contributed by atoms with Crippen molar-refractivity contribution < 1.29 is 15.0 Å². The number of aryl methyl sites for hydroxylation is 1. The van der Waals surface area contributed by atoms with Crippen molar-refractivity contribution in [1.82, 2.24) is 9.55 Å². The molecule has 4 aromatic rings. The number of nitrogens with zero attached hydrogens (tertiary/aromatic N) is 2. The Morgan fingerprint density at radius 2 is 1.77 bits per heavy atom. The summed E-state index contributed by atoms with van der Waals surface area (Å²) < 4.78 is 1.50. The second-order valence-electron chi connectivity index (χ2n) is 6.80. The van der Waals surface area contributed by atoms with Crippen molar-refractivity contribution in [3.8, 4) is 17.2 Å². The van der Waals surface area contributed by atoms with Gasteiger partial charge in [0.15, 0.2) is 10.9 Å². The number of carbonyl (C=O) groups is 1. The van der Waals surface area contributed by atoms with Gasteiger partial charge in [0.05, 0.1) is 27.9 Å². The van der Waals surface area contributed by atoms with Crippen molar-refractivity contribution in [3.05, 3.63) is 88.2 Å². The molecule has 1 aromatic heterocycles. The Hall–Kier alpha value is -3.58. The maximum absolute atomic E-state index is 13.2. The molecule has 2 N–H and O–H groups in total. The summed E-state index contributed by atoms with van der Waals surface area (Å²) in [5.41, 5.74) is 2.16. The maximum atomic E-state index is 13.2. The summed E-state index contributed by atoms with van der Waals surface area (Å²) in [6, 6.07) is 18.4. The minimum atomic E-state index is -0.338. The molecule has 3 aromatic carbocycles. The third kappa shape index (κ3) is 3.79. The molecule has 0 saturated heterocycles. The van der Waals surface area contributed by atoms with Crippen LogP contribution >= 0.6 is 11.8 Å². The number of carbonyl (C=O) groups excluding carboxylic acids is 1. The topological polar surface area (TPSA) is 92.4 Å². The molecular formula is C23H18N2O4S. The number of phenols is 2. The summed E-state index contributed by atoms with van der Waals surface area (Å²) in [6.07, 6.45) is 0. The van der Waals surface area contributed by atoms with E-state index in [1.54, 1.807) is 24.3 Å². The van der Waals surface area contributed by atoms with E-state index in [1.165, 1.54) is 16.7 Å². The Bertz CT molecular complexity index is 1310. The van der Waals surface area contributed by atoms with Gasteiger partial charge in [0.25, 0.3) is 5.56 Å². The third-order valence-corrected chi connectivity index (χ3v) is 5.59. The highest BCUT2D eigenvalue weighted by Crippen LogP contribution is 2.26. The molecule has 150 valence electrons. The summed E-state index contributed by atoms with van der Waals surface area (Å²) in [6.45, 7) is 1.96. The molecule has 0 fully saturated rings. The maximum Gasteiger partial charge on any atom is 0.266 e. The minimum absolute atomic E-state index is 0.0328. The number of benzene rings is 3. The molecule has 4 rings (SSSR count). The smallest absolute Gasteiger partial charge is 0.266 e. The van der Waals surface area contributed by atoms with Gasteiger partial charge in [-0.05, 0) is 43.3 Å². The average Bonchev–Trinajstić information content (AvgIpc) is 2.73. The first kappa shape index (κ1) is 19.7. The first-order valence-electron chi connectivity index (χ1n) is 9.21. The molecule has 0 aliphatic carbocycles. The Labute approximate surface area is 176 Å². The van der Waals surface area contributed by atoms with Gasteiger partial charge < -0.3 is 10.2 Å². The molecule has 0 atom stereocenters. The zero-order valence-corrected chi connectivity index (χ0v) is 16.9. The van der Waals surface area contributed by atoms with E-state index in [1.807, 2.05) is 31.2 Å². The summed E-state index contributed by atoms with van der Waals surface area (Å²) >= 11 is 1.12. The number of thioether (sulfide) groups is 1. The number of Topliss-reactive ketones (excluding diaryl/α,β-unsaturated/α-hetero) is 1. The highest BCUT2D eigenvalue weighted by Gasteiger charge is 2.17. The normalized spacial score (nSPS) is 11.0.